The number of furan rings is 1. The van der Waals surface area contributed by atoms with E-state index >= 15 is 0 Å². The summed E-state index contributed by atoms with van der Waals surface area (Å²) in [6.45, 7) is 1.76. The van der Waals surface area contributed by atoms with Crippen molar-refractivity contribution in [1.29, 1.82) is 0 Å². The van der Waals surface area contributed by atoms with E-state index in [2.05, 4.69) is 21.2 Å². The molecule has 2 heterocycles. The summed E-state index contributed by atoms with van der Waals surface area (Å²) in [5.74, 6) is 0.00622. The maximum Gasteiger partial charge on any atom is 0.254 e. The molecule has 0 aliphatic carbocycles. The molecular weight excluding hydrogens is 262 g/mol. The van der Waals surface area contributed by atoms with Gasteiger partial charge in [-0.25, -0.2) is 0 Å². The van der Waals surface area contributed by atoms with Crippen molar-refractivity contribution in [3.63, 3.8) is 0 Å². The van der Waals surface area contributed by atoms with Gasteiger partial charge >= 0.3 is 0 Å². The summed E-state index contributed by atoms with van der Waals surface area (Å²) in [7, 11) is 0. The Morgan fingerprint density at radius 1 is 1.47 bits per heavy atom. The average molecular weight is 270 g/mol. The van der Waals surface area contributed by atoms with Crippen molar-refractivity contribution in [2.75, 3.05) is 0 Å². The van der Waals surface area contributed by atoms with Gasteiger partial charge in [0.1, 0.15) is 5.76 Å². The van der Waals surface area contributed by atoms with E-state index in [1.165, 1.54) is 0 Å². The predicted molar refractivity (Wildman–Crippen MR) is 56.8 cm³/mol. The minimum Gasteiger partial charge on any atom is -0.450 e. The van der Waals surface area contributed by atoms with Crippen molar-refractivity contribution >= 4 is 33.3 Å². The summed E-state index contributed by atoms with van der Waals surface area (Å²) in [6, 6.07) is 3.50. The number of rotatable bonds is 1. The van der Waals surface area contributed by atoms with E-state index < -0.39 is 0 Å². The van der Waals surface area contributed by atoms with Gasteiger partial charge in [0.05, 0.1) is 6.42 Å². The average Bonchev–Trinajstić information content (AvgIpc) is 2.71. The number of imide groups is 1. The molecule has 2 rings (SSSR count). The van der Waals surface area contributed by atoms with Gasteiger partial charge in [0.25, 0.3) is 5.91 Å². The summed E-state index contributed by atoms with van der Waals surface area (Å²) in [5, 5.41) is 2.24. The molecule has 1 aliphatic rings. The molecule has 4 nitrogen and oxygen atoms in total. The van der Waals surface area contributed by atoms with Crippen LogP contribution >= 0.6 is 15.9 Å². The van der Waals surface area contributed by atoms with Crippen molar-refractivity contribution < 1.29 is 14.0 Å². The second kappa shape index (κ2) is 3.66. The van der Waals surface area contributed by atoms with Crippen LogP contribution in [0, 0.1) is 0 Å². The summed E-state index contributed by atoms with van der Waals surface area (Å²) in [4.78, 5) is 22.4. The zero-order valence-corrected chi connectivity index (χ0v) is 9.55. The number of carbonyl (C=O) groups is 2. The lowest BCUT2D eigenvalue weighted by molar-refractivity contribution is -0.124. The van der Waals surface area contributed by atoms with E-state index in [0.717, 1.165) is 0 Å². The highest BCUT2D eigenvalue weighted by molar-refractivity contribution is 9.10. The summed E-state index contributed by atoms with van der Waals surface area (Å²) in [5.41, 5.74) is 1.17. The van der Waals surface area contributed by atoms with E-state index in [9.17, 15) is 9.59 Å². The normalized spacial score (nSPS) is 19.3. The molecule has 0 bridgehead atoms. The fourth-order valence-electron chi connectivity index (χ4n) is 1.45. The number of halogens is 1. The number of nitrogens with one attached hydrogen (secondary N) is 1. The van der Waals surface area contributed by atoms with Crippen LogP contribution in [-0.2, 0) is 9.59 Å². The van der Waals surface area contributed by atoms with Gasteiger partial charge in [-0.2, -0.15) is 0 Å². The van der Waals surface area contributed by atoms with Crippen LogP contribution in [0.5, 0.6) is 0 Å². The summed E-state index contributed by atoms with van der Waals surface area (Å²) >= 11 is 3.18. The number of allylic oxidation sites excluding steroid dienone is 1. The molecule has 0 atom stereocenters. The molecule has 1 aromatic heterocycles. The molecule has 5 heteroatoms. The Morgan fingerprint density at radius 3 is 2.67 bits per heavy atom. The largest absolute Gasteiger partial charge is 0.450 e. The highest BCUT2D eigenvalue weighted by atomic mass is 79.9. The number of hydrogen-bond donors (Lipinski definition) is 1. The standard InChI is InChI=1S/C10H8BrNO3/c1-5(7-2-3-8(11)15-7)6-4-9(13)12-10(6)14/h2-3H,4H2,1H3,(H,12,13,14)/b6-5+. The lowest BCUT2D eigenvalue weighted by Gasteiger charge is -1.99. The summed E-state index contributed by atoms with van der Waals surface area (Å²) in [6.07, 6.45) is 0.128. The first-order valence-electron chi connectivity index (χ1n) is 4.37. The minimum absolute atomic E-state index is 0.128. The molecule has 0 radical (unpaired) electrons. The van der Waals surface area contributed by atoms with Gasteiger partial charge in [-0.3, -0.25) is 14.9 Å². The number of amides is 2. The SMILES string of the molecule is C/C(=C1/CC(=O)NC1=O)c1ccc(Br)o1. The lowest BCUT2D eigenvalue weighted by Crippen LogP contribution is -2.19. The molecule has 78 valence electrons. The molecule has 1 saturated heterocycles. The third-order valence-electron chi connectivity index (χ3n) is 2.26. The molecule has 0 unspecified atom stereocenters. The Morgan fingerprint density at radius 2 is 2.20 bits per heavy atom. The fourth-order valence-corrected chi connectivity index (χ4v) is 1.76. The minimum atomic E-state index is -0.329. The van der Waals surface area contributed by atoms with Crippen LogP contribution in [0.15, 0.2) is 26.8 Å². The van der Waals surface area contributed by atoms with E-state index in [1.807, 2.05) is 0 Å². The zero-order chi connectivity index (χ0) is 11.0. The fraction of sp³-hybridized carbons (Fsp3) is 0.200. The van der Waals surface area contributed by atoms with Crippen molar-refractivity contribution in [2.24, 2.45) is 0 Å². The zero-order valence-electron chi connectivity index (χ0n) is 7.96. The van der Waals surface area contributed by atoms with E-state index in [0.29, 0.717) is 21.6 Å². The second-order valence-electron chi connectivity index (χ2n) is 3.26. The van der Waals surface area contributed by atoms with Crippen LogP contribution in [0.3, 0.4) is 0 Å². The molecule has 1 fully saturated rings. The quantitative estimate of drug-likeness (QED) is 0.626. The van der Waals surface area contributed by atoms with Gasteiger partial charge in [-0.1, -0.05) is 0 Å². The van der Waals surface area contributed by atoms with Crippen molar-refractivity contribution in [2.45, 2.75) is 13.3 Å². The molecule has 0 aromatic carbocycles. The molecular formula is C10H8BrNO3. The van der Waals surface area contributed by atoms with Crippen LogP contribution in [0.25, 0.3) is 5.57 Å². The monoisotopic (exact) mass is 269 g/mol. The molecule has 15 heavy (non-hydrogen) atoms. The van der Waals surface area contributed by atoms with Crippen LogP contribution in [0.1, 0.15) is 19.1 Å². The first kappa shape index (κ1) is 10.2. The van der Waals surface area contributed by atoms with Crippen LogP contribution in [-0.4, -0.2) is 11.8 Å². The van der Waals surface area contributed by atoms with E-state index in [4.69, 9.17) is 4.42 Å². The maximum absolute atomic E-state index is 11.4. The number of hydrogen-bond acceptors (Lipinski definition) is 3. The molecule has 0 spiro atoms. The van der Waals surface area contributed by atoms with Gasteiger partial charge in [0.2, 0.25) is 5.91 Å². The smallest absolute Gasteiger partial charge is 0.254 e. The highest BCUT2D eigenvalue weighted by Crippen LogP contribution is 2.26. The van der Waals surface area contributed by atoms with E-state index in [1.54, 1.807) is 19.1 Å². The van der Waals surface area contributed by atoms with Crippen LogP contribution in [0.4, 0.5) is 0 Å². The Hall–Kier alpha value is -1.36. The van der Waals surface area contributed by atoms with Crippen LogP contribution < -0.4 is 5.32 Å². The van der Waals surface area contributed by atoms with Crippen molar-refractivity contribution in [1.82, 2.24) is 5.32 Å². The van der Waals surface area contributed by atoms with Gasteiger partial charge in [-0.05, 0) is 35.0 Å². The summed E-state index contributed by atoms with van der Waals surface area (Å²) < 4.78 is 5.91. The first-order chi connectivity index (χ1) is 7.08. The Kier molecular flexibility index (Phi) is 2.48. The first-order valence-corrected chi connectivity index (χ1v) is 5.17. The molecule has 2 amide bonds. The molecule has 1 N–H and O–H groups in total. The molecule has 0 saturated carbocycles. The third-order valence-corrected chi connectivity index (χ3v) is 2.69. The van der Waals surface area contributed by atoms with E-state index in [-0.39, 0.29) is 18.2 Å². The number of carbonyl (C=O) groups excluding carboxylic acids is 2. The topological polar surface area (TPSA) is 59.3 Å². The second-order valence-corrected chi connectivity index (χ2v) is 4.04. The molecule has 1 aromatic rings. The van der Waals surface area contributed by atoms with Crippen LogP contribution in [0.2, 0.25) is 0 Å². The maximum atomic E-state index is 11.4. The predicted octanol–water partition coefficient (Wildman–Crippen LogP) is 1.86. The Bertz CT molecular complexity index is 473. The van der Waals surface area contributed by atoms with Gasteiger partial charge in [0, 0.05) is 11.1 Å². The Balaban J connectivity index is 2.41. The highest BCUT2D eigenvalue weighted by Gasteiger charge is 2.26. The lowest BCUT2D eigenvalue weighted by atomic mass is 10.1. The van der Waals surface area contributed by atoms with Crippen molar-refractivity contribution in [3.05, 3.63) is 28.1 Å². The Labute approximate surface area is 94.5 Å². The van der Waals surface area contributed by atoms with Gasteiger partial charge in [0.15, 0.2) is 4.67 Å². The van der Waals surface area contributed by atoms with Gasteiger partial charge in [-0.15, -0.1) is 0 Å². The third kappa shape index (κ3) is 1.87. The molecule has 1 aliphatic heterocycles. The van der Waals surface area contributed by atoms with Gasteiger partial charge < -0.3 is 4.42 Å². The van der Waals surface area contributed by atoms with Crippen molar-refractivity contribution in [3.8, 4) is 0 Å².